The van der Waals surface area contributed by atoms with Gasteiger partial charge in [-0.2, -0.15) is 0 Å². The predicted molar refractivity (Wildman–Crippen MR) is 82.8 cm³/mol. The molecule has 0 saturated heterocycles. The summed E-state index contributed by atoms with van der Waals surface area (Å²) in [6.07, 6.45) is 1.02. The lowest BCUT2D eigenvalue weighted by Gasteiger charge is -2.01. The van der Waals surface area contributed by atoms with E-state index in [2.05, 4.69) is 9.71 Å². The molecule has 0 aromatic carbocycles. The van der Waals surface area contributed by atoms with Gasteiger partial charge in [-0.05, 0) is 25.0 Å². The fraction of sp³-hybridized carbons (Fsp3) is 0.273. The highest BCUT2D eigenvalue weighted by molar-refractivity contribution is 7.94. The molecule has 2 heterocycles. The van der Waals surface area contributed by atoms with Gasteiger partial charge in [0.15, 0.2) is 5.13 Å². The Morgan fingerprint density at radius 3 is 2.81 bits per heavy atom. The van der Waals surface area contributed by atoms with E-state index in [4.69, 9.17) is 16.7 Å². The van der Waals surface area contributed by atoms with Crippen LogP contribution in [0.1, 0.15) is 18.5 Å². The molecule has 10 heteroatoms. The van der Waals surface area contributed by atoms with Crippen molar-refractivity contribution in [2.24, 2.45) is 0 Å². The molecule has 2 rings (SSSR count). The Hall–Kier alpha value is -1.16. The average molecular weight is 367 g/mol. The molecular weight excluding hydrogens is 356 g/mol. The molecule has 114 valence electrons. The number of aromatic nitrogens is 1. The van der Waals surface area contributed by atoms with E-state index in [1.54, 1.807) is 5.38 Å². The molecule has 6 nitrogen and oxygen atoms in total. The van der Waals surface area contributed by atoms with Crippen molar-refractivity contribution in [1.29, 1.82) is 0 Å². The van der Waals surface area contributed by atoms with Crippen LogP contribution in [0.4, 0.5) is 5.13 Å². The molecule has 2 N–H and O–H groups in total. The van der Waals surface area contributed by atoms with Crippen LogP contribution in [-0.4, -0.2) is 24.5 Å². The van der Waals surface area contributed by atoms with Gasteiger partial charge in [0.1, 0.15) is 4.21 Å². The Bertz CT molecular complexity index is 738. The van der Waals surface area contributed by atoms with E-state index >= 15 is 0 Å². The molecular formula is C11H11ClN2O4S3. The Kier molecular flexibility index (Phi) is 5.20. The number of nitrogens with one attached hydrogen (secondary N) is 1. The van der Waals surface area contributed by atoms with Crippen LogP contribution in [0.15, 0.2) is 21.7 Å². The number of sulfonamides is 1. The number of halogens is 1. The molecule has 0 spiro atoms. The molecule has 0 amide bonds. The van der Waals surface area contributed by atoms with Gasteiger partial charge in [-0.15, -0.1) is 22.7 Å². The largest absolute Gasteiger partial charge is 0.481 e. The Morgan fingerprint density at radius 1 is 1.43 bits per heavy atom. The lowest BCUT2D eigenvalue weighted by molar-refractivity contribution is -0.137. The smallest absolute Gasteiger partial charge is 0.303 e. The van der Waals surface area contributed by atoms with Crippen LogP contribution in [0.5, 0.6) is 0 Å². The number of thiophene rings is 1. The van der Waals surface area contributed by atoms with Crippen LogP contribution in [0, 0.1) is 0 Å². The van der Waals surface area contributed by atoms with Crippen molar-refractivity contribution in [3.63, 3.8) is 0 Å². The number of aryl methyl sites for hydroxylation is 1. The second-order valence-corrected chi connectivity index (χ2v) is 8.54. The van der Waals surface area contributed by atoms with Crippen molar-refractivity contribution in [2.75, 3.05) is 4.72 Å². The molecule has 0 aliphatic rings. The first kappa shape index (κ1) is 16.2. The summed E-state index contributed by atoms with van der Waals surface area (Å²) >= 11 is 7.85. The number of thiazole rings is 1. The number of nitrogens with zero attached hydrogens (tertiary/aromatic N) is 1. The molecule has 0 radical (unpaired) electrons. The van der Waals surface area contributed by atoms with Gasteiger partial charge in [-0.25, -0.2) is 13.4 Å². The van der Waals surface area contributed by atoms with Gasteiger partial charge < -0.3 is 5.11 Å². The lowest BCUT2D eigenvalue weighted by atomic mass is 10.2. The molecule has 0 saturated carbocycles. The zero-order valence-corrected chi connectivity index (χ0v) is 13.8. The number of aliphatic carboxylic acids is 1. The van der Waals surface area contributed by atoms with E-state index in [-0.39, 0.29) is 15.8 Å². The summed E-state index contributed by atoms with van der Waals surface area (Å²) < 4.78 is 27.0. The topological polar surface area (TPSA) is 96.4 Å². The highest BCUT2D eigenvalue weighted by Crippen LogP contribution is 2.28. The van der Waals surface area contributed by atoms with Crippen molar-refractivity contribution in [3.8, 4) is 0 Å². The standard InChI is InChI=1S/C11H11ClN2O4S3/c12-8-4-5-10(20-8)21(17,18)14-11-13-7(6-19-11)2-1-3-9(15)16/h4-6H,1-3H2,(H,13,14)(H,15,16). The van der Waals surface area contributed by atoms with E-state index in [9.17, 15) is 13.2 Å². The fourth-order valence-corrected chi connectivity index (χ4v) is 4.98. The number of carbonyl (C=O) groups is 1. The maximum absolute atomic E-state index is 12.1. The number of rotatable bonds is 7. The predicted octanol–water partition coefficient (Wildman–Crippen LogP) is 3.07. The summed E-state index contributed by atoms with van der Waals surface area (Å²) in [6, 6.07) is 2.94. The maximum atomic E-state index is 12.1. The first-order chi connectivity index (χ1) is 9.87. The van der Waals surface area contributed by atoms with E-state index < -0.39 is 16.0 Å². The lowest BCUT2D eigenvalue weighted by Crippen LogP contribution is -2.11. The number of carboxylic acids is 1. The van der Waals surface area contributed by atoms with E-state index in [1.807, 2.05) is 0 Å². The number of hydrogen-bond donors (Lipinski definition) is 2. The molecule has 0 atom stereocenters. The molecule has 0 aliphatic heterocycles. The van der Waals surface area contributed by atoms with E-state index in [0.717, 1.165) is 22.7 Å². The van der Waals surface area contributed by atoms with Crippen molar-refractivity contribution in [3.05, 3.63) is 27.5 Å². The number of anilines is 1. The van der Waals surface area contributed by atoms with Gasteiger partial charge in [-0.1, -0.05) is 11.6 Å². The summed E-state index contributed by atoms with van der Waals surface area (Å²) in [5.74, 6) is -0.860. The highest BCUT2D eigenvalue weighted by atomic mass is 35.5. The van der Waals surface area contributed by atoms with Gasteiger partial charge >= 0.3 is 5.97 Å². The van der Waals surface area contributed by atoms with Crippen molar-refractivity contribution in [1.82, 2.24) is 4.98 Å². The van der Waals surface area contributed by atoms with Crippen LogP contribution in [0.25, 0.3) is 0 Å². The van der Waals surface area contributed by atoms with E-state index in [1.165, 1.54) is 12.1 Å². The zero-order valence-electron chi connectivity index (χ0n) is 10.6. The first-order valence-corrected chi connectivity index (χ1v) is 9.37. The molecule has 0 fully saturated rings. The average Bonchev–Trinajstić information content (AvgIpc) is 2.98. The molecule has 0 bridgehead atoms. The Labute approximate surface area is 134 Å². The third-order valence-corrected chi connectivity index (χ3v) is 6.41. The first-order valence-electron chi connectivity index (χ1n) is 5.81. The van der Waals surface area contributed by atoms with Crippen LogP contribution >= 0.6 is 34.3 Å². The molecule has 2 aromatic heterocycles. The Balaban J connectivity index is 2.00. The third kappa shape index (κ3) is 4.67. The van der Waals surface area contributed by atoms with Gasteiger partial charge in [0, 0.05) is 11.8 Å². The normalized spacial score (nSPS) is 11.5. The van der Waals surface area contributed by atoms with Gasteiger partial charge in [0.25, 0.3) is 10.0 Å². The van der Waals surface area contributed by atoms with Crippen LogP contribution in [0.3, 0.4) is 0 Å². The minimum Gasteiger partial charge on any atom is -0.481 e. The van der Waals surface area contributed by atoms with Crippen molar-refractivity contribution in [2.45, 2.75) is 23.5 Å². The second kappa shape index (κ2) is 6.73. The van der Waals surface area contributed by atoms with Crippen LogP contribution in [0.2, 0.25) is 4.34 Å². The van der Waals surface area contributed by atoms with E-state index in [0.29, 0.717) is 22.9 Å². The third-order valence-electron chi connectivity index (χ3n) is 2.41. The SMILES string of the molecule is O=C(O)CCCc1csc(NS(=O)(=O)c2ccc(Cl)s2)n1. The summed E-state index contributed by atoms with van der Waals surface area (Å²) in [5, 5.41) is 10.5. The van der Waals surface area contributed by atoms with Gasteiger partial charge in [-0.3, -0.25) is 9.52 Å². The summed E-state index contributed by atoms with van der Waals surface area (Å²) in [4.78, 5) is 14.6. The minimum absolute atomic E-state index is 0.0618. The summed E-state index contributed by atoms with van der Waals surface area (Å²) in [6.45, 7) is 0. The molecule has 0 unspecified atom stereocenters. The maximum Gasteiger partial charge on any atom is 0.303 e. The van der Waals surface area contributed by atoms with Gasteiger partial charge in [0.2, 0.25) is 0 Å². The van der Waals surface area contributed by atoms with Crippen molar-refractivity contribution >= 4 is 55.4 Å². The van der Waals surface area contributed by atoms with Gasteiger partial charge in [0.05, 0.1) is 10.0 Å². The zero-order chi connectivity index (χ0) is 15.5. The van der Waals surface area contributed by atoms with Crippen LogP contribution in [-0.2, 0) is 21.2 Å². The molecule has 2 aromatic rings. The summed E-state index contributed by atoms with van der Waals surface area (Å²) in [5.41, 5.74) is 0.670. The quantitative estimate of drug-likeness (QED) is 0.784. The fourth-order valence-electron chi connectivity index (χ4n) is 1.50. The monoisotopic (exact) mass is 366 g/mol. The number of carboxylic acid groups (broad SMARTS) is 1. The molecule has 21 heavy (non-hydrogen) atoms. The minimum atomic E-state index is -3.68. The summed E-state index contributed by atoms with van der Waals surface area (Å²) in [7, 11) is -3.68. The van der Waals surface area contributed by atoms with Crippen LogP contribution < -0.4 is 4.72 Å². The second-order valence-electron chi connectivity index (χ2n) is 4.06. The molecule has 0 aliphatic carbocycles. The highest BCUT2D eigenvalue weighted by Gasteiger charge is 2.18. The Morgan fingerprint density at radius 2 is 2.19 bits per heavy atom. The number of hydrogen-bond acceptors (Lipinski definition) is 6. The van der Waals surface area contributed by atoms with Crippen molar-refractivity contribution < 1.29 is 18.3 Å².